The summed E-state index contributed by atoms with van der Waals surface area (Å²) in [7, 11) is 0. The number of aromatic nitrogens is 2. The lowest BCUT2D eigenvalue weighted by molar-refractivity contribution is 1.06. The largest absolute Gasteiger partial charge is 0.281 e. The highest BCUT2D eigenvalue weighted by Crippen LogP contribution is 2.52. The Morgan fingerprint density at radius 1 is 0.725 bits per heavy atom. The molecule has 40 heavy (non-hydrogen) atoms. The Hall–Kier alpha value is -4.80. The molecule has 0 fully saturated rings. The number of para-hydroxylation sites is 1. The van der Waals surface area contributed by atoms with Crippen molar-refractivity contribution in [2.75, 3.05) is 4.90 Å². The summed E-state index contributed by atoms with van der Waals surface area (Å²) in [4.78, 5) is 12.8. The second-order valence-corrected chi connectivity index (χ2v) is 11.2. The number of anilines is 2. The minimum Gasteiger partial charge on any atom is -0.281 e. The molecule has 5 aromatic carbocycles. The number of hydrogen-bond acceptors (Lipinski definition) is 4. The van der Waals surface area contributed by atoms with Gasteiger partial charge in [-0.2, -0.15) is 0 Å². The Kier molecular flexibility index (Phi) is 5.29. The first kappa shape index (κ1) is 23.1. The summed E-state index contributed by atoms with van der Waals surface area (Å²) in [5.74, 6) is 0.709. The van der Waals surface area contributed by atoms with Crippen molar-refractivity contribution < 1.29 is 0 Å². The third-order valence-electron chi connectivity index (χ3n) is 7.81. The van der Waals surface area contributed by atoms with Crippen LogP contribution in [0, 0.1) is 0 Å². The fourth-order valence-electron chi connectivity index (χ4n) is 6.08. The number of benzene rings is 5. The van der Waals surface area contributed by atoms with Crippen LogP contribution in [0.4, 0.5) is 11.6 Å². The lowest BCUT2D eigenvalue weighted by Gasteiger charge is -2.22. The van der Waals surface area contributed by atoms with E-state index in [2.05, 4.69) is 127 Å². The lowest BCUT2D eigenvalue weighted by atomic mass is 9.97. The van der Waals surface area contributed by atoms with Crippen LogP contribution in [0.2, 0.25) is 0 Å². The Bertz CT molecular complexity index is 2150. The number of allylic oxidation sites excluding steroid dienone is 4. The van der Waals surface area contributed by atoms with Crippen molar-refractivity contribution in [1.82, 2.24) is 9.97 Å². The Labute approximate surface area is 236 Å². The smallest absolute Gasteiger partial charge is 0.235 e. The quantitative estimate of drug-likeness (QED) is 0.227. The molecule has 0 saturated carbocycles. The summed E-state index contributed by atoms with van der Waals surface area (Å²) in [5.41, 5.74) is 6.71. The molecule has 1 aliphatic rings. The van der Waals surface area contributed by atoms with E-state index in [0.29, 0.717) is 5.95 Å². The summed E-state index contributed by atoms with van der Waals surface area (Å²) in [6, 6.07) is 36.4. The van der Waals surface area contributed by atoms with E-state index in [1.807, 2.05) is 17.4 Å². The van der Waals surface area contributed by atoms with Crippen molar-refractivity contribution in [3.05, 3.63) is 133 Å². The van der Waals surface area contributed by atoms with Crippen LogP contribution < -0.4 is 4.90 Å². The monoisotopic (exact) mass is 531 g/mol. The van der Waals surface area contributed by atoms with Gasteiger partial charge in [-0.05, 0) is 41.5 Å². The van der Waals surface area contributed by atoms with Crippen LogP contribution in [-0.2, 0) is 6.42 Å². The van der Waals surface area contributed by atoms with Gasteiger partial charge in [0.1, 0.15) is 0 Å². The normalized spacial score (nSPS) is 14.4. The second-order valence-electron chi connectivity index (χ2n) is 10.1. The van der Waals surface area contributed by atoms with E-state index in [9.17, 15) is 0 Å². The summed E-state index contributed by atoms with van der Waals surface area (Å²) in [6.45, 7) is 2.06. The third-order valence-corrected chi connectivity index (χ3v) is 8.98. The summed E-state index contributed by atoms with van der Waals surface area (Å²) < 4.78 is 2.59. The fraction of sp³-hybridized carbons (Fsp3) is 0.0556. The topological polar surface area (TPSA) is 29.0 Å². The van der Waals surface area contributed by atoms with Crippen molar-refractivity contribution in [3.8, 4) is 11.3 Å². The van der Waals surface area contributed by atoms with Crippen molar-refractivity contribution in [2.45, 2.75) is 13.3 Å². The molecule has 4 heteroatoms. The van der Waals surface area contributed by atoms with Gasteiger partial charge in [0.25, 0.3) is 0 Å². The number of nitrogens with zero attached hydrogens (tertiary/aromatic N) is 3. The molecule has 0 bridgehead atoms. The van der Waals surface area contributed by atoms with Gasteiger partial charge in [0.15, 0.2) is 0 Å². The van der Waals surface area contributed by atoms with E-state index in [-0.39, 0.29) is 0 Å². The first-order chi connectivity index (χ1) is 19.8. The van der Waals surface area contributed by atoms with Gasteiger partial charge in [0.2, 0.25) is 5.95 Å². The summed E-state index contributed by atoms with van der Waals surface area (Å²) >= 11 is 1.87. The van der Waals surface area contributed by atoms with Crippen molar-refractivity contribution in [1.29, 1.82) is 0 Å². The van der Waals surface area contributed by atoms with E-state index < -0.39 is 0 Å². The minimum atomic E-state index is 0.709. The zero-order chi connectivity index (χ0) is 26.6. The molecule has 0 spiro atoms. The van der Waals surface area contributed by atoms with Gasteiger partial charge in [-0.1, -0.05) is 103 Å². The first-order valence-corrected chi connectivity index (χ1v) is 14.4. The number of fused-ring (bicyclic) bond motifs is 9. The Morgan fingerprint density at radius 3 is 2.25 bits per heavy atom. The molecule has 0 amide bonds. The molecule has 0 atom stereocenters. The molecule has 0 aliphatic carbocycles. The zero-order valence-electron chi connectivity index (χ0n) is 22.0. The van der Waals surface area contributed by atoms with E-state index in [4.69, 9.17) is 9.97 Å². The number of rotatable bonds is 3. The standard InChI is InChI=1S/C36H25N3S/c1-2-3-15-24-22-29-25-16-7-8-17-26(25)32-28-19-10-12-21-31(28)40-35(32)34(29)39(24)36-37-30-20-11-9-18-27(30)33(38-36)23-13-5-4-6-14-23/h2-21H,22H2,1H3/b3-2-,24-15+. The first-order valence-electron chi connectivity index (χ1n) is 13.6. The van der Waals surface area contributed by atoms with Crippen LogP contribution in [-0.4, -0.2) is 9.97 Å². The van der Waals surface area contributed by atoms with Gasteiger partial charge in [0.05, 0.1) is 21.6 Å². The molecule has 8 rings (SSSR count). The van der Waals surface area contributed by atoms with Gasteiger partial charge in [-0.25, -0.2) is 9.97 Å². The number of hydrogen-bond donors (Lipinski definition) is 0. The highest BCUT2D eigenvalue weighted by molar-refractivity contribution is 7.26. The molecule has 1 aliphatic heterocycles. The second kappa shape index (κ2) is 9.15. The highest BCUT2D eigenvalue weighted by atomic mass is 32.1. The van der Waals surface area contributed by atoms with Gasteiger partial charge in [0, 0.05) is 38.5 Å². The maximum Gasteiger partial charge on any atom is 0.235 e. The molecule has 2 aromatic heterocycles. The minimum absolute atomic E-state index is 0.709. The SMILES string of the molecule is C/C=C\C=C1/Cc2c(c3sc4ccccc4c3c3ccccc23)N1c1nc(-c2ccccc2)c2ccccc2n1. The molecule has 3 nitrogen and oxygen atoms in total. The average molecular weight is 532 g/mol. The van der Waals surface area contributed by atoms with E-state index in [1.165, 1.54) is 47.9 Å². The third kappa shape index (κ3) is 3.43. The summed E-state index contributed by atoms with van der Waals surface area (Å²) in [6.07, 6.45) is 7.24. The van der Waals surface area contributed by atoms with Crippen LogP contribution in [0.15, 0.2) is 127 Å². The Balaban J connectivity index is 1.50. The van der Waals surface area contributed by atoms with Gasteiger partial charge in [-0.15, -0.1) is 11.3 Å². The van der Waals surface area contributed by atoms with Gasteiger partial charge < -0.3 is 0 Å². The predicted octanol–water partition coefficient (Wildman–Crippen LogP) is 9.97. The lowest BCUT2D eigenvalue weighted by Crippen LogP contribution is -2.15. The van der Waals surface area contributed by atoms with Crippen LogP contribution in [0.3, 0.4) is 0 Å². The average Bonchev–Trinajstić information content (AvgIpc) is 3.59. The molecular weight excluding hydrogens is 506 g/mol. The van der Waals surface area contributed by atoms with Crippen molar-refractivity contribution >= 4 is 64.8 Å². The van der Waals surface area contributed by atoms with E-state index in [1.54, 1.807) is 0 Å². The predicted molar refractivity (Wildman–Crippen MR) is 171 cm³/mol. The highest BCUT2D eigenvalue weighted by Gasteiger charge is 2.33. The van der Waals surface area contributed by atoms with Crippen LogP contribution in [0.5, 0.6) is 0 Å². The summed E-state index contributed by atoms with van der Waals surface area (Å²) in [5, 5.41) is 6.28. The molecule has 0 saturated heterocycles. The molecular formula is C36H25N3S. The Morgan fingerprint density at radius 2 is 1.43 bits per heavy atom. The fourth-order valence-corrected chi connectivity index (χ4v) is 7.36. The van der Waals surface area contributed by atoms with Crippen molar-refractivity contribution in [2.24, 2.45) is 0 Å². The molecule has 190 valence electrons. The molecule has 0 radical (unpaired) electrons. The van der Waals surface area contributed by atoms with Gasteiger partial charge in [-0.3, -0.25) is 4.90 Å². The maximum absolute atomic E-state index is 5.31. The van der Waals surface area contributed by atoms with Crippen LogP contribution in [0.25, 0.3) is 53.1 Å². The number of thiophene rings is 1. The van der Waals surface area contributed by atoms with Crippen LogP contribution in [0.1, 0.15) is 12.5 Å². The molecule has 0 N–H and O–H groups in total. The molecule has 3 heterocycles. The van der Waals surface area contributed by atoms with Crippen LogP contribution >= 0.6 is 11.3 Å². The molecule has 0 unspecified atom stereocenters. The maximum atomic E-state index is 5.31. The van der Waals surface area contributed by atoms with E-state index >= 15 is 0 Å². The van der Waals surface area contributed by atoms with Crippen molar-refractivity contribution in [3.63, 3.8) is 0 Å². The van der Waals surface area contributed by atoms with Gasteiger partial charge >= 0.3 is 0 Å². The van der Waals surface area contributed by atoms with E-state index in [0.717, 1.165) is 28.6 Å². The zero-order valence-corrected chi connectivity index (χ0v) is 22.8. The molecule has 7 aromatic rings.